The van der Waals surface area contributed by atoms with Crippen molar-refractivity contribution in [3.8, 4) is 11.3 Å². The predicted molar refractivity (Wildman–Crippen MR) is 92.6 cm³/mol. The molecule has 1 aromatic heterocycles. The summed E-state index contributed by atoms with van der Waals surface area (Å²) in [7, 11) is 0. The largest absolute Gasteiger partial charge is 0.264 e. The minimum absolute atomic E-state index is 0.975. The molecule has 0 saturated heterocycles. The highest BCUT2D eigenvalue weighted by Crippen LogP contribution is 2.25. The zero-order valence-corrected chi connectivity index (χ0v) is 14.4. The van der Waals surface area contributed by atoms with Gasteiger partial charge in [-0.05, 0) is 31.4 Å². The molecule has 1 heterocycles. The minimum Gasteiger partial charge on any atom is -0.264 e. The van der Waals surface area contributed by atoms with E-state index in [4.69, 9.17) is 10.1 Å². The summed E-state index contributed by atoms with van der Waals surface area (Å²) in [5.41, 5.74) is 2.25. The highest BCUT2D eigenvalue weighted by molar-refractivity contribution is 9.10. The van der Waals surface area contributed by atoms with Crippen LogP contribution in [0.2, 0.25) is 0 Å². The van der Waals surface area contributed by atoms with Gasteiger partial charge in [0.2, 0.25) is 0 Å². The Morgan fingerprint density at radius 3 is 3.00 bits per heavy atom. The third kappa shape index (κ3) is 5.18. The highest BCUT2D eigenvalue weighted by atomic mass is 79.9. The molecule has 20 heavy (non-hydrogen) atoms. The van der Waals surface area contributed by atoms with E-state index in [9.17, 15) is 0 Å². The quantitative estimate of drug-likeness (QED) is 0.533. The van der Waals surface area contributed by atoms with Gasteiger partial charge in [0.05, 0.1) is 10.7 Å². The Kier molecular flexibility index (Phi) is 7.02. The number of halogens is 1. The van der Waals surface area contributed by atoms with Crippen molar-refractivity contribution in [3.05, 3.63) is 39.1 Å². The van der Waals surface area contributed by atoms with Gasteiger partial charge in [-0.1, -0.05) is 34.5 Å². The van der Waals surface area contributed by atoms with Gasteiger partial charge < -0.3 is 0 Å². The smallest absolute Gasteiger partial charge is 0.0932 e. The van der Waals surface area contributed by atoms with Crippen molar-refractivity contribution in [3.63, 3.8) is 0 Å². The first-order chi connectivity index (χ1) is 9.79. The fourth-order valence-corrected chi connectivity index (χ4v) is 3.43. The van der Waals surface area contributed by atoms with Gasteiger partial charge in [0, 0.05) is 34.1 Å². The predicted octanol–water partition coefficient (Wildman–Crippen LogP) is 4.40. The summed E-state index contributed by atoms with van der Waals surface area (Å²) in [6.45, 7) is 0.975. The van der Waals surface area contributed by atoms with Crippen molar-refractivity contribution in [2.45, 2.75) is 25.7 Å². The number of rotatable bonds is 8. The van der Waals surface area contributed by atoms with Gasteiger partial charge in [-0.2, -0.15) is 0 Å². The van der Waals surface area contributed by atoms with Crippen LogP contribution in [-0.2, 0) is 6.42 Å². The Hall–Kier alpha value is -0.400. The summed E-state index contributed by atoms with van der Waals surface area (Å²) in [4.78, 5) is 4.71. The summed E-state index contributed by atoms with van der Waals surface area (Å²) in [6.07, 6.45) is 4.62. The summed E-state index contributed by atoms with van der Waals surface area (Å²) < 4.78 is 4.15. The first kappa shape index (κ1) is 16.0. The van der Waals surface area contributed by atoms with E-state index in [0.29, 0.717) is 0 Å². The van der Waals surface area contributed by atoms with E-state index in [1.54, 1.807) is 11.3 Å². The average Bonchev–Trinajstić information content (AvgIpc) is 2.91. The van der Waals surface area contributed by atoms with Crippen molar-refractivity contribution in [2.24, 2.45) is 5.14 Å². The topological polar surface area (TPSA) is 50.9 Å². The van der Waals surface area contributed by atoms with Crippen LogP contribution in [0, 0.1) is 0 Å². The third-order valence-corrected chi connectivity index (χ3v) is 4.70. The normalized spacial score (nSPS) is 10.9. The highest BCUT2D eigenvalue weighted by Gasteiger charge is 2.04. The molecule has 0 atom stereocenters. The maximum atomic E-state index is 5.30. The Bertz CT molecular complexity index is 531. The summed E-state index contributed by atoms with van der Waals surface area (Å²) in [6, 6.07) is 8.28. The van der Waals surface area contributed by atoms with E-state index in [-0.39, 0.29) is 0 Å². The van der Waals surface area contributed by atoms with Crippen LogP contribution in [0.25, 0.3) is 11.3 Å². The molecule has 0 aliphatic carbocycles. The van der Waals surface area contributed by atoms with Gasteiger partial charge in [-0.3, -0.25) is 9.86 Å². The van der Waals surface area contributed by atoms with Gasteiger partial charge >= 0.3 is 0 Å². The molecule has 0 bridgehead atoms. The molecule has 0 amide bonds. The lowest BCUT2D eigenvalue weighted by Crippen LogP contribution is -2.08. The van der Waals surface area contributed by atoms with Crippen LogP contribution < -0.4 is 9.86 Å². The van der Waals surface area contributed by atoms with Gasteiger partial charge in [0.25, 0.3) is 0 Å². The van der Waals surface area contributed by atoms with Crippen molar-refractivity contribution in [2.75, 3.05) is 6.54 Å². The van der Waals surface area contributed by atoms with Gasteiger partial charge in [-0.25, -0.2) is 4.98 Å². The lowest BCUT2D eigenvalue weighted by atomic mass is 10.2. The Balaban J connectivity index is 1.80. The zero-order valence-electron chi connectivity index (χ0n) is 11.1. The number of thiazole rings is 1. The summed E-state index contributed by atoms with van der Waals surface area (Å²) in [5, 5.41) is 8.66. The molecule has 0 unspecified atom stereocenters. The molecular weight excluding hydrogens is 354 g/mol. The lowest BCUT2D eigenvalue weighted by molar-refractivity contribution is 0.672. The number of aryl methyl sites for hydroxylation is 1. The summed E-state index contributed by atoms with van der Waals surface area (Å²) >= 11 is 6.44. The van der Waals surface area contributed by atoms with Crippen molar-refractivity contribution in [1.29, 1.82) is 0 Å². The average molecular weight is 372 g/mol. The molecule has 3 N–H and O–H groups in total. The first-order valence-corrected chi connectivity index (χ1v) is 9.14. The molecule has 1 aromatic carbocycles. The molecule has 0 fully saturated rings. The second-order valence-corrected chi connectivity index (χ2v) is 6.84. The third-order valence-electron chi connectivity index (χ3n) is 2.92. The Labute approximate surface area is 136 Å². The van der Waals surface area contributed by atoms with E-state index in [0.717, 1.165) is 29.6 Å². The fraction of sp³-hybridized carbons (Fsp3) is 0.357. The van der Waals surface area contributed by atoms with Crippen LogP contribution in [0.15, 0.2) is 34.1 Å². The Morgan fingerprint density at radius 1 is 1.30 bits per heavy atom. The van der Waals surface area contributed by atoms with Crippen LogP contribution in [0.4, 0.5) is 0 Å². The van der Waals surface area contributed by atoms with Crippen LogP contribution >= 0.6 is 39.4 Å². The second kappa shape index (κ2) is 8.79. The van der Waals surface area contributed by atoms with Gasteiger partial charge in [0.1, 0.15) is 0 Å². The number of nitrogens with zero attached hydrogens (tertiary/aromatic N) is 1. The first-order valence-electron chi connectivity index (χ1n) is 6.58. The van der Waals surface area contributed by atoms with Gasteiger partial charge in [-0.15, -0.1) is 11.3 Å². The summed E-state index contributed by atoms with van der Waals surface area (Å²) in [5.74, 6) is 0. The standard InChI is InChI=1S/C14H18BrN3S2/c15-12-6-4-5-11(9-12)13-10-19-14(18-13)7-2-1-3-8-17-20-16/h4-6,9-10,17H,1-3,7-8,16H2. The molecular formula is C14H18BrN3S2. The monoisotopic (exact) mass is 371 g/mol. The van der Waals surface area contributed by atoms with Crippen molar-refractivity contribution in [1.82, 2.24) is 9.71 Å². The van der Waals surface area contributed by atoms with E-state index in [2.05, 4.69) is 38.2 Å². The van der Waals surface area contributed by atoms with Crippen LogP contribution in [0.3, 0.4) is 0 Å². The maximum Gasteiger partial charge on any atom is 0.0932 e. The fourth-order valence-electron chi connectivity index (χ4n) is 1.92. The number of unbranched alkanes of at least 4 members (excludes halogenated alkanes) is 2. The number of aromatic nitrogens is 1. The van der Waals surface area contributed by atoms with Crippen LogP contribution in [0.5, 0.6) is 0 Å². The number of hydrogen-bond donors (Lipinski definition) is 2. The molecule has 0 aliphatic heterocycles. The lowest BCUT2D eigenvalue weighted by Gasteiger charge is -2.00. The van der Waals surface area contributed by atoms with E-state index < -0.39 is 0 Å². The molecule has 0 radical (unpaired) electrons. The van der Waals surface area contributed by atoms with Crippen LogP contribution in [-0.4, -0.2) is 11.5 Å². The van der Waals surface area contributed by atoms with Gasteiger partial charge in [0.15, 0.2) is 0 Å². The number of hydrogen-bond acceptors (Lipinski definition) is 5. The minimum atomic E-state index is 0.975. The molecule has 0 saturated carbocycles. The molecule has 3 nitrogen and oxygen atoms in total. The zero-order chi connectivity index (χ0) is 14.2. The SMILES string of the molecule is NSNCCCCCc1nc(-c2cccc(Br)c2)cs1. The van der Waals surface area contributed by atoms with E-state index in [1.807, 2.05) is 12.1 Å². The van der Waals surface area contributed by atoms with Crippen molar-refractivity contribution < 1.29 is 0 Å². The maximum absolute atomic E-state index is 5.30. The van der Waals surface area contributed by atoms with Crippen LogP contribution in [0.1, 0.15) is 24.3 Å². The molecule has 108 valence electrons. The Morgan fingerprint density at radius 2 is 2.20 bits per heavy atom. The molecule has 2 rings (SSSR count). The number of benzene rings is 1. The molecule has 0 aliphatic rings. The number of nitrogens with two attached hydrogens (primary N) is 1. The van der Waals surface area contributed by atoms with E-state index >= 15 is 0 Å². The van der Waals surface area contributed by atoms with Crippen molar-refractivity contribution >= 4 is 39.4 Å². The molecule has 6 heteroatoms. The molecule has 0 spiro atoms. The number of nitrogens with one attached hydrogen (secondary N) is 1. The second-order valence-electron chi connectivity index (χ2n) is 4.46. The molecule has 2 aromatic rings. The van der Waals surface area contributed by atoms with E-state index in [1.165, 1.54) is 35.5 Å².